The number of hydrogen-bond acceptors (Lipinski definition) is 4. The van der Waals surface area contributed by atoms with E-state index in [2.05, 4.69) is 21.9 Å². The van der Waals surface area contributed by atoms with Gasteiger partial charge in [0.1, 0.15) is 5.82 Å². The summed E-state index contributed by atoms with van der Waals surface area (Å²) in [6, 6.07) is 13.6. The number of pyridine rings is 1. The van der Waals surface area contributed by atoms with E-state index in [4.69, 9.17) is 0 Å². The number of hydrogen-bond donors (Lipinski definition) is 0. The monoisotopic (exact) mass is 346 g/mol. The number of carbonyl (C=O) groups is 1. The smallest absolute Gasteiger partial charge is 0.257 e. The van der Waals surface area contributed by atoms with Gasteiger partial charge in [-0.05, 0) is 25.0 Å². The standard InChI is InChI=1S/C21H22N4O/c1-4-19(17-11-8-12-22-13-17)25(3)21(26)18-14-23-15(2)24-20(18)16-9-6-5-7-10-16/h5-14,19H,4H2,1-3H3/t19-/m1/s1. The van der Waals surface area contributed by atoms with Crippen LogP contribution in [0, 0.1) is 6.92 Å². The quantitative estimate of drug-likeness (QED) is 0.699. The molecule has 5 heteroatoms. The molecule has 2 heterocycles. The first-order valence-electron chi connectivity index (χ1n) is 8.68. The molecule has 0 saturated carbocycles. The highest BCUT2D eigenvalue weighted by Gasteiger charge is 2.25. The van der Waals surface area contributed by atoms with Crippen LogP contribution in [0.5, 0.6) is 0 Å². The van der Waals surface area contributed by atoms with Crippen LogP contribution < -0.4 is 0 Å². The van der Waals surface area contributed by atoms with Crippen LogP contribution in [0.2, 0.25) is 0 Å². The lowest BCUT2D eigenvalue weighted by atomic mass is 10.0. The normalized spacial score (nSPS) is 11.8. The zero-order valence-electron chi connectivity index (χ0n) is 15.3. The van der Waals surface area contributed by atoms with Crippen LogP contribution in [-0.2, 0) is 0 Å². The fraction of sp³-hybridized carbons (Fsp3) is 0.238. The van der Waals surface area contributed by atoms with Gasteiger partial charge in [0.25, 0.3) is 5.91 Å². The second-order valence-corrected chi connectivity index (χ2v) is 6.17. The summed E-state index contributed by atoms with van der Waals surface area (Å²) in [5.41, 5.74) is 3.09. The lowest BCUT2D eigenvalue weighted by Crippen LogP contribution is -2.31. The van der Waals surface area contributed by atoms with E-state index >= 15 is 0 Å². The SMILES string of the molecule is CC[C@H](c1cccnc1)N(C)C(=O)c1cnc(C)nc1-c1ccccc1. The van der Waals surface area contributed by atoms with Gasteiger partial charge in [-0.3, -0.25) is 9.78 Å². The summed E-state index contributed by atoms with van der Waals surface area (Å²) < 4.78 is 0. The van der Waals surface area contributed by atoms with Crippen molar-refractivity contribution in [3.63, 3.8) is 0 Å². The van der Waals surface area contributed by atoms with Gasteiger partial charge in [-0.2, -0.15) is 0 Å². The molecule has 3 aromatic rings. The van der Waals surface area contributed by atoms with Crippen molar-refractivity contribution in [1.82, 2.24) is 19.9 Å². The zero-order valence-corrected chi connectivity index (χ0v) is 15.3. The Kier molecular flexibility index (Phi) is 5.37. The van der Waals surface area contributed by atoms with Gasteiger partial charge < -0.3 is 4.90 Å². The zero-order chi connectivity index (χ0) is 18.5. The maximum Gasteiger partial charge on any atom is 0.257 e. The van der Waals surface area contributed by atoms with E-state index in [9.17, 15) is 4.79 Å². The van der Waals surface area contributed by atoms with Crippen LogP contribution in [0.15, 0.2) is 61.1 Å². The Labute approximate surface area is 153 Å². The van der Waals surface area contributed by atoms with Crippen molar-refractivity contribution in [2.24, 2.45) is 0 Å². The summed E-state index contributed by atoms with van der Waals surface area (Å²) in [5, 5.41) is 0. The summed E-state index contributed by atoms with van der Waals surface area (Å²) in [6.45, 7) is 3.89. The largest absolute Gasteiger partial charge is 0.335 e. The van der Waals surface area contributed by atoms with Crippen LogP contribution >= 0.6 is 0 Å². The highest BCUT2D eigenvalue weighted by molar-refractivity contribution is 5.99. The molecule has 2 aromatic heterocycles. The Balaban J connectivity index is 1.99. The molecule has 0 N–H and O–H groups in total. The first-order valence-corrected chi connectivity index (χ1v) is 8.68. The Bertz CT molecular complexity index is 881. The van der Waals surface area contributed by atoms with Gasteiger partial charge in [0.05, 0.1) is 17.3 Å². The fourth-order valence-corrected chi connectivity index (χ4v) is 3.08. The average Bonchev–Trinajstić information content (AvgIpc) is 2.69. The van der Waals surface area contributed by atoms with Gasteiger partial charge in [-0.15, -0.1) is 0 Å². The van der Waals surface area contributed by atoms with Crippen LogP contribution in [0.3, 0.4) is 0 Å². The lowest BCUT2D eigenvalue weighted by Gasteiger charge is -2.28. The third-order valence-corrected chi connectivity index (χ3v) is 4.43. The van der Waals surface area contributed by atoms with Gasteiger partial charge >= 0.3 is 0 Å². The number of amides is 1. The number of nitrogens with zero attached hydrogens (tertiary/aromatic N) is 4. The van der Waals surface area contributed by atoms with E-state index in [-0.39, 0.29) is 11.9 Å². The first-order chi connectivity index (χ1) is 12.6. The summed E-state index contributed by atoms with van der Waals surface area (Å²) in [4.78, 5) is 28.0. The van der Waals surface area contributed by atoms with Crippen LogP contribution in [0.25, 0.3) is 11.3 Å². The van der Waals surface area contributed by atoms with Crippen molar-refractivity contribution in [2.45, 2.75) is 26.3 Å². The molecule has 0 unspecified atom stereocenters. The molecule has 5 nitrogen and oxygen atoms in total. The molecule has 0 aliphatic carbocycles. The summed E-state index contributed by atoms with van der Waals surface area (Å²) in [7, 11) is 1.82. The molecule has 0 spiro atoms. The van der Waals surface area contributed by atoms with E-state index in [1.807, 2.05) is 62.6 Å². The fourth-order valence-electron chi connectivity index (χ4n) is 3.08. The van der Waals surface area contributed by atoms with Crippen molar-refractivity contribution in [2.75, 3.05) is 7.05 Å². The van der Waals surface area contributed by atoms with Gasteiger partial charge in [0.2, 0.25) is 0 Å². The molecule has 0 bridgehead atoms. The molecule has 0 radical (unpaired) electrons. The highest BCUT2D eigenvalue weighted by atomic mass is 16.2. The topological polar surface area (TPSA) is 59.0 Å². The molecule has 0 aliphatic heterocycles. The molecular formula is C21H22N4O. The Hall–Kier alpha value is -3.08. The predicted octanol–water partition coefficient (Wildman–Crippen LogP) is 4.07. The molecule has 0 fully saturated rings. The second-order valence-electron chi connectivity index (χ2n) is 6.17. The van der Waals surface area contributed by atoms with E-state index in [0.29, 0.717) is 17.1 Å². The summed E-state index contributed by atoms with van der Waals surface area (Å²) >= 11 is 0. The van der Waals surface area contributed by atoms with Crippen LogP contribution in [0.4, 0.5) is 0 Å². The number of aromatic nitrogens is 3. The third kappa shape index (κ3) is 3.61. The molecule has 0 saturated heterocycles. The van der Waals surface area contributed by atoms with Crippen molar-refractivity contribution in [3.05, 3.63) is 78.0 Å². The summed E-state index contributed by atoms with van der Waals surface area (Å²) in [6.07, 6.45) is 5.96. The Morgan fingerprint density at radius 1 is 1.12 bits per heavy atom. The van der Waals surface area contributed by atoms with Crippen molar-refractivity contribution < 1.29 is 4.79 Å². The number of benzene rings is 1. The Morgan fingerprint density at radius 3 is 2.54 bits per heavy atom. The minimum absolute atomic E-state index is 0.0545. The summed E-state index contributed by atoms with van der Waals surface area (Å²) in [5.74, 6) is 0.543. The average molecular weight is 346 g/mol. The molecule has 132 valence electrons. The molecule has 1 atom stereocenters. The van der Waals surface area contributed by atoms with Crippen molar-refractivity contribution in [1.29, 1.82) is 0 Å². The van der Waals surface area contributed by atoms with Gasteiger partial charge in [-0.1, -0.05) is 43.3 Å². The van der Waals surface area contributed by atoms with Crippen LogP contribution in [-0.4, -0.2) is 32.8 Å². The third-order valence-electron chi connectivity index (χ3n) is 4.43. The minimum atomic E-state index is -0.0976. The van der Waals surface area contributed by atoms with Crippen LogP contribution in [0.1, 0.15) is 41.1 Å². The molecule has 1 amide bonds. The van der Waals surface area contributed by atoms with Crippen molar-refractivity contribution in [3.8, 4) is 11.3 Å². The first kappa shape index (κ1) is 17.7. The highest BCUT2D eigenvalue weighted by Crippen LogP contribution is 2.27. The van der Waals surface area contributed by atoms with Gasteiger partial charge in [0.15, 0.2) is 0 Å². The molecule has 26 heavy (non-hydrogen) atoms. The molecule has 0 aliphatic rings. The lowest BCUT2D eigenvalue weighted by molar-refractivity contribution is 0.0726. The maximum absolute atomic E-state index is 13.2. The number of aryl methyl sites for hydroxylation is 1. The van der Waals surface area contributed by atoms with E-state index in [1.165, 1.54) is 0 Å². The number of rotatable bonds is 5. The maximum atomic E-state index is 13.2. The van der Waals surface area contributed by atoms with E-state index in [0.717, 1.165) is 17.5 Å². The minimum Gasteiger partial charge on any atom is -0.335 e. The van der Waals surface area contributed by atoms with Gasteiger partial charge in [0, 0.05) is 31.2 Å². The van der Waals surface area contributed by atoms with Gasteiger partial charge in [-0.25, -0.2) is 9.97 Å². The predicted molar refractivity (Wildman–Crippen MR) is 102 cm³/mol. The van der Waals surface area contributed by atoms with E-state index in [1.54, 1.807) is 17.3 Å². The molecule has 1 aromatic carbocycles. The Morgan fingerprint density at radius 2 is 1.88 bits per heavy atom. The second kappa shape index (κ2) is 7.87. The number of carbonyl (C=O) groups excluding carboxylic acids is 1. The van der Waals surface area contributed by atoms with Crippen molar-refractivity contribution >= 4 is 5.91 Å². The molecule has 3 rings (SSSR count). The van der Waals surface area contributed by atoms with E-state index < -0.39 is 0 Å². The molecular weight excluding hydrogens is 324 g/mol.